The first kappa shape index (κ1) is 17.4. The Kier molecular flexibility index (Phi) is 6.93. The van der Waals surface area contributed by atoms with Gasteiger partial charge in [-0.15, -0.1) is 0 Å². The molecule has 1 fully saturated rings. The van der Waals surface area contributed by atoms with E-state index in [1.54, 1.807) is 0 Å². The van der Waals surface area contributed by atoms with Crippen LogP contribution in [-0.2, 0) is 9.84 Å². The highest BCUT2D eigenvalue weighted by molar-refractivity contribution is 7.91. The Bertz CT molecular complexity index is 430. The summed E-state index contributed by atoms with van der Waals surface area (Å²) in [6.07, 6.45) is 3.59. The van der Waals surface area contributed by atoms with E-state index in [2.05, 4.69) is 16.3 Å². The van der Waals surface area contributed by atoms with Gasteiger partial charge in [0, 0.05) is 6.54 Å². The minimum Gasteiger partial charge on any atom is -0.302 e. The van der Waals surface area contributed by atoms with Crippen molar-refractivity contribution in [2.75, 3.05) is 37.7 Å². The fraction of sp³-hybridized carbons (Fsp3) is 0.929. The van der Waals surface area contributed by atoms with Crippen LogP contribution in [0.4, 0.5) is 0 Å². The second kappa shape index (κ2) is 7.96. The van der Waals surface area contributed by atoms with E-state index in [0.29, 0.717) is 18.1 Å². The van der Waals surface area contributed by atoms with Crippen molar-refractivity contribution in [3.8, 4) is 6.07 Å². The predicted octanol–water partition coefficient (Wildman–Crippen LogP) is 1.17. The summed E-state index contributed by atoms with van der Waals surface area (Å²) in [6, 6.07) is 2.33. The highest BCUT2D eigenvalue weighted by atomic mass is 32.2. The van der Waals surface area contributed by atoms with Crippen molar-refractivity contribution in [3.63, 3.8) is 0 Å². The molecule has 1 aliphatic rings. The molecular weight excluding hydrogens is 274 g/mol. The van der Waals surface area contributed by atoms with Crippen molar-refractivity contribution in [2.24, 2.45) is 0 Å². The third-order valence-corrected chi connectivity index (χ3v) is 5.58. The predicted molar refractivity (Wildman–Crippen MR) is 81.3 cm³/mol. The highest BCUT2D eigenvalue weighted by Crippen LogP contribution is 2.14. The maximum absolute atomic E-state index is 11.5. The molecule has 20 heavy (non-hydrogen) atoms. The van der Waals surface area contributed by atoms with Crippen LogP contribution >= 0.6 is 0 Å². The number of sulfone groups is 1. The maximum Gasteiger partial charge on any atom is 0.151 e. The van der Waals surface area contributed by atoms with Gasteiger partial charge in [0.2, 0.25) is 0 Å². The van der Waals surface area contributed by atoms with Gasteiger partial charge in [0.05, 0.1) is 17.6 Å². The molecule has 0 aromatic heterocycles. The summed E-state index contributed by atoms with van der Waals surface area (Å²) >= 11 is 0. The van der Waals surface area contributed by atoms with Crippen LogP contribution in [0.15, 0.2) is 0 Å². The second-order valence-corrected chi connectivity index (χ2v) is 8.08. The smallest absolute Gasteiger partial charge is 0.151 e. The third kappa shape index (κ3) is 6.21. The van der Waals surface area contributed by atoms with Crippen LogP contribution in [0.3, 0.4) is 0 Å². The summed E-state index contributed by atoms with van der Waals surface area (Å²) in [7, 11) is -2.81. The molecule has 1 saturated heterocycles. The molecule has 1 rings (SSSR count). The lowest BCUT2D eigenvalue weighted by Crippen LogP contribution is -2.40. The lowest BCUT2D eigenvalue weighted by atomic mass is 9.96. The molecule has 0 aromatic carbocycles. The molecule has 116 valence electrons. The minimum absolute atomic E-state index is 0.292. The molecule has 0 spiro atoms. The van der Waals surface area contributed by atoms with Gasteiger partial charge in [0.15, 0.2) is 9.84 Å². The van der Waals surface area contributed by atoms with Crippen LogP contribution in [0.25, 0.3) is 0 Å². The SMILES string of the molecule is CCNC(C)(C#N)CCCCN1CCCS(=O)(=O)CC1. The summed E-state index contributed by atoms with van der Waals surface area (Å²) < 4.78 is 23.0. The minimum atomic E-state index is -2.81. The number of unbranched alkanes of at least 4 members (excludes halogenated alkanes) is 1. The van der Waals surface area contributed by atoms with E-state index >= 15 is 0 Å². The van der Waals surface area contributed by atoms with Gasteiger partial charge in [-0.2, -0.15) is 5.26 Å². The number of nitrogens with zero attached hydrogens (tertiary/aromatic N) is 2. The molecule has 0 aromatic rings. The maximum atomic E-state index is 11.5. The van der Waals surface area contributed by atoms with Crippen LogP contribution < -0.4 is 5.32 Å². The Balaban J connectivity index is 2.26. The first-order chi connectivity index (χ1) is 9.41. The zero-order valence-corrected chi connectivity index (χ0v) is 13.5. The van der Waals surface area contributed by atoms with E-state index in [1.807, 2.05) is 13.8 Å². The monoisotopic (exact) mass is 301 g/mol. The average molecular weight is 301 g/mol. The van der Waals surface area contributed by atoms with E-state index in [9.17, 15) is 8.42 Å². The summed E-state index contributed by atoms with van der Waals surface area (Å²) in [6.45, 7) is 7.21. The Morgan fingerprint density at radius 2 is 2.05 bits per heavy atom. The Morgan fingerprint density at radius 1 is 1.30 bits per heavy atom. The van der Waals surface area contributed by atoms with E-state index in [1.165, 1.54) is 0 Å². The standard InChI is InChI=1S/C14H27N3O2S/c1-3-16-14(2,13-15)7-4-5-8-17-9-6-11-20(18,19)12-10-17/h16H,3-12H2,1-2H3. The van der Waals surface area contributed by atoms with E-state index in [4.69, 9.17) is 5.26 Å². The van der Waals surface area contributed by atoms with Crippen molar-refractivity contribution in [1.82, 2.24) is 10.2 Å². The van der Waals surface area contributed by atoms with Gasteiger partial charge < -0.3 is 4.90 Å². The molecule has 0 bridgehead atoms. The van der Waals surface area contributed by atoms with Crippen LogP contribution in [-0.4, -0.2) is 56.5 Å². The van der Waals surface area contributed by atoms with Gasteiger partial charge in [-0.1, -0.05) is 6.92 Å². The normalized spacial score (nSPS) is 22.6. The summed E-state index contributed by atoms with van der Waals surface area (Å²) in [4.78, 5) is 2.24. The van der Waals surface area contributed by atoms with Crippen molar-refractivity contribution in [1.29, 1.82) is 5.26 Å². The van der Waals surface area contributed by atoms with Gasteiger partial charge in [-0.25, -0.2) is 8.42 Å². The Labute approximate surface area is 123 Å². The van der Waals surface area contributed by atoms with E-state index in [0.717, 1.165) is 45.3 Å². The number of rotatable bonds is 7. The van der Waals surface area contributed by atoms with Gasteiger partial charge in [-0.05, 0) is 52.2 Å². The van der Waals surface area contributed by atoms with Crippen molar-refractivity contribution in [2.45, 2.75) is 45.1 Å². The molecule has 6 heteroatoms. The second-order valence-electron chi connectivity index (χ2n) is 5.78. The fourth-order valence-corrected chi connectivity index (χ4v) is 3.91. The molecule has 1 unspecified atom stereocenters. The first-order valence-corrected chi connectivity index (χ1v) is 9.32. The van der Waals surface area contributed by atoms with Crippen molar-refractivity contribution >= 4 is 9.84 Å². The largest absolute Gasteiger partial charge is 0.302 e. The molecule has 1 heterocycles. The molecule has 0 amide bonds. The lowest BCUT2D eigenvalue weighted by molar-refractivity contribution is 0.282. The quantitative estimate of drug-likeness (QED) is 0.715. The van der Waals surface area contributed by atoms with Crippen LogP contribution in [0.1, 0.15) is 39.5 Å². The zero-order valence-electron chi connectivity index (χ0n) is 12.7. The molecule has 5 nitrogen and oxygen atoms in total. The van der Waals surface area contributed by atoms with Crippen LogP contribution in [0.2, 0.25) is 0 Å². The van der Waals surface area contributed by atoms with E-state index < -0.39 is 15.4 Å². The number of hydrogen-bond acceptors (Lipinski definition) is 5. The first-order valence-electron chi connectivity index (χ1n) is 7.50. The zero-order chi connectivity index (χ0) is 15.1. The molecule has 1 atom stereocenters. The number of hydrogen-bond donors (Lipinski definition) is 1. The van der Waals surface area contributed by atoms with Gasteiger partial charge in [-0.3, -0.25) is 5.32 Å². The van der Waals surface area contributed by atoms with Gasteiger partial charge in [0.1, 0.15) is 5.54 Å². The summed E-state index contributed by atoms with van der Waals surface area (Å²) in [5, 5.41) is 12.4. The molecule has 0 aliphatic carbocycles. The van der Waals surface area contributed by atoms with Crippen LogP contribution in [0, 0.1) is 11.3 Å². The van der Waals surface area contributed by atoms with E-state index in [-0.39, 0.29) is 0 Å². The number of nitriles is 1. The fourth-order valence-electron chi connectivity index (χ4n) is 2.60. The summed E-state index contributed by atoms with van der Waals surface area (Å²) in [5.41, 5.74) is -0.434. The Hall–Kier alpha value is -0.640. The van der Waals surface area contributed by atoms with Gasteiger partial charge >= 0.3 is 0 Å². The number of nitrogens with one attached hydrogen (secondary N) is 1. The molecule has 0 saturated carbocycles. The summed E-state index contributed by atoms with van der Waals surface area (Å²) in [5.74, 6) is 0.622. The molecule has 0 radical (unpaired) electrons. The molecule has 1 aliphatic heterocycles. The van der Waals surface area contributed by atoms with Gasteiger partial charge in [0.25, 0.3) is 0 Å². The van der Waals surface area contributed by atoms with Crippen molar-refractivity contribution in [3.05, 3.63) is 0 Å². The topological polar surface area (TPSA) is 73.2 Å². The average Bonchev–Trinajstić information content (AvgIpc) is 2.56. The Morgan fingerprint density at radius 3 is 2.70 bits per heavy atom. The highest BCUT2D eigenvalue weighted by Gasteiger charge is 2.22. The molecular formula is C14H27N3O2S. The lowest BCUT2D eigenvalue weighted by Gasteiger charge is -2.23. The molecule has 1 N–H and O–H groups in total. The van der Waals surface area contributed by atoms with Crippen LogP contribution in [0.5, 0.6) is 0 Å². The van der Waals surface area contributed by atoms with Crippen molar-refractivity contribution < 1.29 is 8.42 Å². The third-order valence-electron chi connectivity index (χ3n) is 3.86.